The summed E-state index contributed by atoms with van der Waals surface area (Å²) in [5.41, 5.74) is 2.20. The molecule has 2 aromatic carbocycles. The van der Waals surface area contributed by atoms with Crippen molar-refractivity contribution in [2.24, 2.45) is 5.92 Å². The molecular formula is C21H21NO3. The first-order valence-corrected chi connectivity index (χ1v) is 8.89. The first-order valence-electron chi connectivity index (χ1n) is 8.89. The van der Waals surface area contributed by atoms with Crippen molar-refractivity contribution in [1.82, 2.24) is 4.90 Å². The molecule has 25 heavy (non-hydrogen) atoms. The lowest BCUT2D eigenvalue weighted by Gasteiger charge is -2.14. The van der Waals surface area contributed by atoms with Gasteiger partial charge in [0.25, 0.3) is 11.8 Å². The molecule has 2 aliphatic rings. The SMILES string of the molecule is O=C1c2ccccc2C(=O)N1CCCc1cccc(OCC2CC2)c1. The van der Waals surface area contributed by atoms with E-state index in [0.29, 0.717) is 17.7 Å². The number of fused-ring (bicyclic) bond motifs is 1. The van der Waals surface area contributed by atoms with E-state index in [2.05, 4.69) is 12.1 Å². The molecule has 0 atom stereocenters. The summed E-state index contributed by atoms with van der Waals surface area (Å²) in [6.45, 7) is 1.25. The predicted octanol–water partition coefficient (Wildman–Crippen LogP) is 3.70. The number of benzene rings is 2. The predicted molar refractivity (Wildman–Crippen MR) is 94.8 cm³/mol. The summed E-state index contributed by atoms with van der Waals surface area (Å²) in [4.78, 5) is 26.0. The number of carbonyl (C=O) groups is 2. The van der Waals surface area contributed by atoms with Crippen LogP contribution in [-0.4, -0.2) is 29.9 Å². The van der Waals surface area contributed by atoms with Gasteiger partial charge in [-0.15, -0.1) is 0 Å². The number of nitrogens with zero attached hydrogens (tertiary/aromatic N) is 1. The van der Waals surface area contributed by atoms with Crippen molar-refractivity contribution in [3.05, 3.63) is 65.2 Å². The standard InChI is InChI=1S/C21H21NO3/c23-20-18-8-1-2-9-19(18)21(24)22(20)12-4-6-15-5-3-7-17(13-15)25-14-16-10-11-16/h1-3,5,7-9,13,16H,4,6,10-12,14H2. The van der Waals surface area contributed by atoms with Gasteiger partial charge in [0.1, 0.15) is 5.75 Å². The molecule has 0 aromatic heterocycles. The van der Waals surface area contributed by atoms with E-state index in [4.69, 9.17) is 4.74 Å². The van der Waals surface area contributed by atoms with Crippen molar-refractivity contribution in [3.63, 3.8) is 0 Å². The minimum absolute atomic E-state index is 0.179. The van der Waals surface area contributed by atoms with Crippen molar-refractivity contribution < 1.29 is 14.3 Å². The lowest BCUT2D eigenvalue weighted by Crippen LogP contribution is -2.30. The molecule has 1 saturated carbocycles. The number of rotatable bonds is 7. The Hall–Kier alpha value is -2.62. The van der Waals surface area contributed by atoms with E-state index in [1.165, 1.54) is 23.3 Å². The van der Waals surface area contributed by atoms with Gasteiger partial charge in [-0.1, -0.05) is 24.3 Å². The van der Waals surface area contributed by atoms with Crippen LogP contribution in [0.4, 0.5) is 0 Å². The molecule has 0 radical (unpaired) electrons. The van der Waals surface area contributed by atoms with E-state index in [-0.39, 0.29) is 11.8 Å². The second-order valence-corrected chi connectivity index (χ2v) is 6.81. The lowest BCUT2D eigenvalue weighted by atomic mass is 10.1. The van der Waals surface area contributed by atoms with Crippen molar-refractivity contribution in [1.29, 1.82) is 0 Å². The smallest absolute Gasteiger partial charge is 0.261 e. The molecular weight excluding hydrogens is 314 g/mol. The first-order chi connectivity index (χ1) is 12.2. The van der Waals surface area contributed by atoms with Crippen LogP contribution < -0.4 is 4.74 Å². The number of imide groups is 1. The summed E-state index contributed by atoms with van der Waals surface area (Å²) in [6, 6.07) is 15.1. The minimum Gasteiger partial charge on any atom is -0.493 e. The number of amides is 2. The quantitative estimate of drug-likeness (QED) is 0.725. The van der Waals surface area contributed by atoms with Crippen LogP contribution >= 0.6 is 0 Å². The highest BCUT2D eigenvalue weighted by Crippen LogP contribution is 2.29. The van der Waals surface area contributed by atoms with Crippen molar-refractivity contribution >= 4 is 11.8 Å². The highest BCUT2D eigenvalue weighted by molar-refractivity contribution is 6.21. The van der Waals surface area contributed by atoms with Gasteiger partial charge in [0.2, 0.25) is 0 Å². The number of hydrogen-bond acceptors (Lipinski definition) is 3. The molecule has 1 heterocycles. The molecule has 2 amide bonds. The summed E-state index contributed by atoms with van der Waals surface area (Å²) in [7, 11) is 0. The molecule has 0 bridgehead atoms. The normalized spacial score (nSPS) is 16.2. The van der Waals surface area contributed by atoms with Gasteiger partial charge in [-0.25, -0.2) is 0 Å². The maximum Gasteiger partial charge on any atom is 0.261 e. The van der Waals surface area contributed by atoms with E-state index in [0.717, 1.165) is 31.1 Å². The zero-order valence-corrected chi connectivity index (χ0v) is 14.1. The van der Waals surface area contributed by atoms with Crippen LogP contribution in [0.1, 0.15) is 45.5 Å². The summed E-state index contributed by atoms with van der Waals surface area (Å²) >= 11 is 0. The molecule has 4 nitrogen and oxygen atoms in total. The third-order valence-electron chi connectivity index (χ3n) is 4.81. The number of hydrogen-bond donors (Lipinski definition) is 0. The minimum atomic E-state index is -0.179. The Morgan fingerprint density at radius 2 is 1.68 bits per heavy atom. The molecule has 4 heteroatoms. The maximum atomic E-state index is 12.3. The highest BCUT2D eigenvalue weighted by atomic mass is 16.5. The Morgan fingerprint density at radius 1 is 0.960 bits per heavy atom. The second kappa shape index (κ2) is 6.71. The highest BCUT2D eigenvalue weighted by Gasteiger charge is 2.34. The van der Waals surface area contributed by atoms with Crippen molar-refractivity contribution in [2.75, 3.05) is 13.2 Å². The zero-order chi connectivity index (χ0) is 17.2. The Balaban J connectivity index is 1.33. The first kappa shape index (κ1) is 15.9. The summed E-state index contributed by atoms with van der Waals surface area (Å²) in [5.74, 6) is 1.28. The fourth-order valence-corrected chi connectivity index (χ4v) is 3.17. The summed E-state index contributed by atoms with van der Waals surface area (Å²) in [6.07, 6.45) is 4.12. The van der Waals surface area contributed by atoms with Crippen LogP contribution in [0.3, 0.4) is 0 Å². The Morgan fingerprint density at radius 3 is 2.36 bits per heavy atom. The van der Waals surface area contributed by atoms with Crippen LogP contribution in [0.25, 0.3) is 0 Å². The fourth-order valence-electron chi connectivity index (χ4n) is 3.17. The molecule has 0 spiro atoms. The Labute approximate surface area is 147 Å². The third kappa shape index (κ3) is 3.43. The fraction of sp³-hybridized carbons (Fsp3) is 0.333. The van der Waals surface area contributed by atoms with Gasteiger partial charge in [-0.2, -0.15) is 0 Å². The second-order valence-electron chi connectivity index (χ2n) is 6.81. The van der Waals surface area contributed by atoms with Crippen LogP contribution in [0.15, 0.2) is 48.5 Å². The van der Waals surface area contributed by atoms with Gasteiger partial charge in [-0.3, -0.25) is 14.5 Å². The van der Waals surface area contributed by atoms with Crippen molar-refractivity contribution in [3.8, 4) is 5.75 Å². The number of carbonyl (C=O) groups excluding carboxylic acids is 2. The van der Waals surface area contributed by atoms with E-state index in [1.54, 1.807) is 24.3 Å². The monoisotopic (exact) mass is 335 g/mol. The Bertz CT molecular complexity index is 775. The summed E-state index contributed by atoms with van der Waals surface area (Å²) < 4.78 is 5.81. The summed E-state index contributed by atoms with van der Waals surface area (Å²) in [5, 5.41) is 0. The molecule has 4 rings (SSSR count). The van der Waals surface area contributed by atoms with Gasteiger partial charge in [0, 0.05) is 6.54 Å². The van der Waals surface area contributed by atoms with Crippen LogP contribution in [-0.2, 0) is 6.42 Å². The molecule has 128 valence electrons. The van der Waals surface area contributed by atoms with Crippen LogP contribution in [0.5, 0.6) is 5.75 Å². The lowest BCUT2D eigenvalue weighted by molar-refractivity contribution is 0.0652. The van der Waals surface area contributed by atoms with Gasteiger partial charge in [0.15, 0.2) is 0 Å². The molecule has 2 aromatic rings. The molecule has 0 unspecified atom stereocenters. The number of aryl methyl sites for hydroxylation is 1. The van der Waals surface area contributed by atoms with E-state index >= 15 is 0 Å². The van der Waals surface area contributed by atoms with Gasteiger partial charge in [0.05, 0.1) is 17.7 Å². The molecule has 0 saturated heterocycles. The van der Waals surface area contributed by atoms with Crippen LogP contribution in [0, 0.1) is 5.92 Å². The molecule has 1 aliphatic carbocycles. The maximum absolute atomic E-state index is 12.3. The van der Waals surface area contributed by atoms with Gasteiger partial charge >= 0.3 is 0 Å². The zero-order valence-electron chi connectivity index (χ0n) is 14.1. The largest absolute Gasteiger partial charge is 0.493 e. The van der Waals surface area contributed by atoms with E-state index < -0.39 is 0 Å². The molecule has 1 aliphatic heterocycles. The van der Waals surface area contributed by atoms with E-state index in [1.807, 2.05) is 12.1 Å². The average molecular weight is 335 g/mol. The third-order valence-corrected chi connectivity index (χ3v) is 4.81. The molecule has 1 fully saturated rings. The number of ether oxygens (including phenoxy) is 1. The van der Waals surface area contributed by atoms with Gasteiger partial charge in [-0.05, 0) is 61.4 Å². The topological polar surface area (TPSA) is 46.6 Å². The molecule has 0 N–H and O–H groups in total. The average Bonchev–Trinajstić information content (AvgIpc) is 3.44. The van der Waals surface area contributed by atoms with Crippen LogP contribution in [0.2, 0.25) is 0 Å². The van der Waals surface area contributed by atoms with Gasteiger partial charge < -0.3 is 4.74 Å². The van der Waals surface area contributed by atoms with Crippen molar-refractivity contribution in [2.45, 2.75) is 25.7 Å². The Kier molecular flexibility index (Phi) is 4.26. The van der Waals surface area contributed by atoms with E-state index in [9.17, 15) is 9.59 Å².